The van der Waals surface area contributed by atoms with Crippen LogP contribution < -0.4 is 5.73 Å². The molecule has 0 aliphatic carbocycles. The molecule has 0 saturated carbocycles. The van der Waals surface area contributed by atoms with E-state index in [1.165, 1.54) is 6.07 Å². The number of thiophene rings is 1. The fraction of sp³-hybridized carbons (Fsp3) is 0.333. The summed E-state index contributed by atoms with van der Waals surface area (Å²) in [6.45, 7) is 1.80. The Balaban J connectivity index is 0.00000121. The fourth-order valence-electron chi connectivity index (χ4n) is 0.674. The molecule has 0 unspecified atom stereocenters. The number of rotatable bonds is 2. The van der Waals surface area contributed by atoms with Gasteiger partial charge in [-0.05, 0) is 12.5 Å². The van der Waals surface area contributed by atoms with Crippen molar-refractivity contribution < 1.29 is 4.92 Å². The highest BCUT2D eigenvalue weighted by Gasteiger charge is 2.10. The lowest BCUT2D eigenvalue weighted by Gasteiger charge is -1.96. The second-order valence-electron chi connectivity index (χ2n) is 2.26. The normalized spacial score (nSPS) is 11.8. The first-order chi connectivity index (χ1) is 5.11. The van der Waals surface area contributed by atoms with E-state index in [1.807, 2.05) is 0 Å². The molecule has 0 bridgehead atoms. The summed E-state index contributed by atoms with van der Waals surface area (Å²) in [5.41, 5.74) is 6.33. The number of nitrogens with zero attached hydrogens (tertiary/aromatic N) is 1. The molecular formula is C6H9ClN2O2S. The van der Waals surface area contributed by atoms with Crippen molar-refractivity contribution in [1.29, 1.82) is 0 Å². The Morgan fingerprint density at radius 3 is 2.58 bits per heavy atom. The quantitative estimate of drug-likeness (QED) is 0.598. The zero-order valence-electron chi connectivity index (χ0n) is 6.39. The monoisotopic (exact) mass is 208 g/mol. The first-order valence-electron chi connectivity index (χ1n) is 3.09. The highest BCUT2D eigenvalue weighted by molar-refractivity contribution is 7.13. The molecule has 0 saturated heterocycles. The van der Waals surface area contributed by atoms with Gasteiger partial charge in [0.25, 0.3) is 0 Å². The number of nitro groups is 1. The molecule has 0 spiro atoms. The van der Waals surface area contributed by atoms with E-state index in [4.69, 9.17) is 5.73 Å². The van der Waals surface area contributed by atoms with Gasteiger partial charge in [0.05, 0.1) is 4.92 Å². The van der Waals surface area contributed by atoms with Crippen LogP contribution in [0.3, 0.4) is 0 Å². The maximum atomic E-state index is 10.2. The van der Waals surface area contributed by atoms with Crippen molar-refractivity contribution in [3.63, 3.8) is 0 Å². The van der Waals surface area contributed by atoms with Crippen LogP contribution in [0.25, 0.3) is 0 Å². The second kappa shape index (κ2) is 4.39. The van der Waals surface area contributed by atoms with E-state index in [-0.39, 0.29) is 23.4 Å². The average molecular weight is 209 g/mol. The summed E-state index contributed by atoms with van der Waals surface area (Å²) in [6, 6.07) is 1.38. The van der Waals surface area contributed by atoms with E-state index < -0.39 is 4.92 Å². The van der Waals surface area contributed by atoms with Crippen molar-refractivity contribution in [2.75, 3.05) is 0 Å². The zero-order chi connectivity index (χ0) is 8.43. The smallest absolute Gasteiger partial charge is 0.324 e. The van der Waals surface area contributed by atoms with Crippen molar-refractivity contribution >= 4 is 28.7 Å². The molecule has 0 aliphatic heterocycles. The van der Waals surface area contributed by atoms with Gasteiger partial charge in [0.2, 0.25) is 0 Å². The third-order valence-corrected chi connectivity index (χ3v) is 2.21. The molecule has 1 aromatic rings. The molecule has 1 rings (SSSR count). The minimum atomic E-state index is -0.406. The van der Waals surface area contributed by atoms with E-state index in [0.717, 1.165) is 16.9 Å². The van der Waals surface area contributed by atoms with Gasteiger partial charge in [-0.3, -0.25) is 10.1 Å². The molecule has 1 atom stereocenters. The minimum Gasteiger partial charge on any atom is -0.324 e. The van der Waals surface area contributed by atoms with Crippen LogP contribution >= 0.6 is 23.7 Å². The molecule has 0 aliphatic rings. The van der Waals surface area contributed by atoms with Gasteiger partial charge in [-0.15, -0.1) is 12.4 Å². The molecule has 0 aromatic carbocycles. The molecule has 0 fully saturated rings. The second-order valence-corrected chi connectivity index (χ2v) is 3.15. The predicted octanol–water partition coefficient (Wildman–Crippen LogP) is 2.10. The van der Waals surface area contributed by atoms with Crippen LogP contribution in [-0.2, 0) is 0 Å². The minimum absolute atomic E-state index is 0. The molecule has 1 aromatic heterocycles. The third kappa shape index (κ3) is 2.44. The lowest BCUT2D eigenvalue weighted by Crippen LogP contribution is -2.02. The zero-order valence-corrected chi connectivity index (χ0v) is 8.02. The Labute approximate surface area is 79.9 Å². The van der Waals surface area contributed by atoms with Gasteiger partial charge in [-0.25, -0.2) is 0 Å². The van der Waals surface area contributed by atoms with Crippen molar-refractivity contribution in [3.05, 3.63) is 27.1 Å². The topological polar surface area (TPSA) is 69.2 Å². The van der Waals surface area contributed by atoms with Crippen molar-refractivity contribution in [1.82, 2.24) is 0 Å². The van der Waals surface area contributed by atoms with Crippen molar-refractivity contribution in [2.45, 2.75) is 13.0 Å². The Kier molecular flexibility index (Phi) is 4.16. The van der Waals surface area contributed by atoms with Crippen LogP contribution in [0.15, 0.2) is 11.4 Å². The van der Waals surface area contributed by atoms with Gasteiger partial charge >= 0.3 is 5.00 Å². The van der Waals surface area contributed by atoms with Gasteiger partial charge < -0.3 is 5.73 Å². The van der Waals surface area contributed by atoms with Crippen LogP contribution in [0.2, 0.25) is 0 Å². The summed E-state index contributed by atoms with van der Waals surface area (Å²) in [5.74, 6) is 0. The number of halogens is 1. The lowest BCUT2D eigenvalue weighted by atomic mass is 10.2. The lowest BCUT2D eigenvalue weighted by molar-refractivity contribution is -0.380. The molecule has 4 nitrogen and oxygen atoms in total. The first-order valence-corrected chi connectivity index (χ1v) is 3.97. The van der Waals surface area contributed by atoms with Crippen LogP contribution in [0.5, 0.6) is 0 Å². The highest BCUT2D eigenvalue weighted by Crippen LogP contribution is 2.25. The van der Waals surface area contributed by atoms with E-state index in [0.29, 0.717) is 0 Å². The summed E-state index contributed by atoms with van der Waals surface area (Å²) in [6.07, 6.45) is 0. The van der Waals surface area contributed by atoms with Gasteiger partial charge in [0.1, 0.15) is 0 Å². The number of hydrogen-bond donors (Lipinski definition) is 1. The van der Waals surface area contributed by atoms with Crippen LogP contribution in [0, 0.1) is 10.1 Å². The number of nitrogens with two attached hydrogens (primary N) is 1. The SMILES string of the molecule is C[C@H](N)c1csc([N+](=O)[O-])c1.Cl. The van der Waals surface area contributed by atoms with Crippen molar-refractivity contribution in [2.24, 2.45) is 5.73 Å². The standard InChI is InChI=1S/C6H8N2O2S.ClH/c1-4(7)5-2-6(8(9)10)11-3-5;/h2-4H,7H2,1H3;1H/t4-;/m0./s1. The molecule has 68 valence electrons. The van der Waals surface area contributed by atoms with Gasteiger partial charge in [-0.2, -0.15) is 0 Å². The summed E-state index contributed by atoms with van der Waals surface area (Å²) in [7, 11) is 0. The Hall–Kier alpha value is -0.650. The Morgan fingerprint density at radius 1 is 1.75 bits per heavy atom. The molecule has 1 heterocycles. The summed E-state index contributed by atoms with van der Waals surface area (Å²) in [4.78, 5) is 9.81. The number of hydrogen-bond acceptors (Lipinski definition) is 4. The Bertz CT molecular complexity index is 274. The van der Waals surface area contributed by atoms with E-state index >= 15 is 0 Å². The highest BCUT2D eigenvalue weighted by atomic mass is 35.5. The third-order valence-electron chi connectivity index (χ3n) is 1.31. The maximum Gasteiger partial charge on any atom is 0.324 e. The first kappa shape index (κ1) is 11.4. The van der Waals surface area contributed by atoms with Crippen LogP contribution in [-0.4, -0.2) is 4.92 Å². The van der Waals surface area contributed by atoms with Gasteiger partial charge in [-0.1, -0.05) is 11.3 Å². The largest absolute Gasteiger partial charge is 0.324 e. The van der Waals surface area contributed by atoms with Gasteiger partial charge in [0, 0.05) is 17.5 Å². The van der Waals surface area contributed by atoms with Crippen LogP contribution in [0.4, 0.5) is 5.00 Å². The Morgan fingerprint density at radius 2 is 2.33 bits per heavy atom. The molecule has 0 radical (unpaired) electrons. The molecule has 2 N–H and O–H groups in total. The molecular weight excluding hydrogens is 200 g/mol. The van der Waals surface area contributed by atoms with E-state index in [2.05, 4.69) is 0 Å². The fourth-order valence-corrected chi connectivity index (χ4v) is 1.50. The van der Waals surface area contributed by atoms with E-state index in [1.54, 1.807) is 12.3 Å². The predicted molar refractivity (Wildman–Crippen MR) is 50.8 cm³/mol. The average Bonchev–Trinajstić information content (AvgIpc) is 2.33. The maximum absolute atomic E-state index is 10.2. The van der Waals surface area contributed by atoms with E-state index in [9.17, 15) is 10.1 Å². The summed E-state index contributed by atoms with van der Waals surface area (Å²) < 4.78 is 0. The molecule has 12 heavy (non-hydrogen) atoms. The molecule has 6 heteroatoms. The van der Waals surface area contributed by atoms with Crippen LogP contribution in [0.1, 0.15) is 18.5 Å². The summed E-state index contributed by atoms with van der Waals surface area (Å²) in [5, 5.41) is 12.1. The van der Waals surface area contributed by atoms with Gasteiger partial charge in [0.15, 0.2) is 0 Å². The van der Waals surface area contributed by atoms with Crippen molar-refractivity contribution in [3.8, 4) is 0 Å². The summed E-state index contributed by atoms with van der Waals surface area (Å²) >= 11 is 1.11. The molecule has 0 amide bonds.